The lowest BCUT2D eigenvalue weighted by molar-refractivity contribution is 0.279. The van der Waals surface area contributed by atoms with Crippen molar-refractivity contribution in [3.8, 4) is 0 Å². The third-order valence-electron chi connectivity index (χ3n) is 2.24. The van der Waals surface area contributed by atoms with Gasteiger partial charge in [-0.3, -0.25) is 4.98 Å². The summed E-state index contributed by atoms with van der Waals surface area (Å²) in [6.45, 7) is 6.54. The van der Waals surface area contributed by atoms with E-state index in [1.165, 1.54) is 0 Å². The van der Waals surface area contributed by atoms with E-state index >= 15 is 0 Å². The molecule has 0 bridgehead atoms. The molecule has 1 aromatic heterocycles. The van der Waals surface area contributed by atoms with Crippen LogP contribution in [0.5, 0.6) is 0 Å². The van der Waals surface area contributed by atoms with E-state index in [9.17, 15) is 0 Å². The molecule has 0 unspecified atom stereocenters. The molecule has 0 saturated heterocycles. The minimum absolute atomic E-state index is 0.146. The van der Waals surface area contributed by atoms with Crippen molar-refractivity contribution in [2.45, 2.75) is 26.3 Å². The van der Waals surface area contributed by atoms with Crippen LogP contribution in [0.4, 0.5) is 0 Å². The Hall–Kier alpha value is -1.09. The molecule has 80 valence electrons. The molecule has 0 aromatic carbocycles. The number of hydrogen-bond acceptors (Lipinski definition) is 3. The summed E-state index contributed by atoms with van der Waals surface area (Å²) in [6.07, 6.45) is 1.74. The minimum atomic E-state index is -0.146. The Bertz CT molecular complexity index is 427. The lowest BCUT2D eigenvalue weighted by atomic mass is 10.1. The van der Waals surface area contributed by atoms with E-state index in [-0.39, 0.29) is 5.54 Å². The predicted molar refractivity (Wildman–Crippen MR) is 60.6 cm³/mol. The van der Waals surface area contributed by atoms with E-state index < -0.39 is 0 Å². The van der Waals surface area contributed by atoms with Gasteiger partial charge in [0.05, 0.1) is 21.8 Å². The molecule has 0 aliphatic carbocycles. The number of rotatable bonds is 1. The Labute approximate surface area is 94.1 Å². The Morgan fingerprint density at radius 2 is 2.20 bits per heavy atom. The molecule has 0 N–H and O–H groups in total. The number of aryl methyl sites for hydroxylation is 1. The van der Waals surface area contributed by atoms with Gasteiger partial charge in [-0.25, -0.2) is 4.99 Å². The molecular weight excluding hydrogens is 212 g/mol. The van der Waals surface area contributed by atoms with E-state index in [0.717, 1.165) is 11.3 Å². The number of hydrogen-bond donors (Lipinski definition) is 0. The van der Waals surface area contributed by atoms with Crippen LogP contribution in [0.1, 0.15) is 25.1 Å². The van der Waals surface area contributed by atoms with Crippen molar-refractivity contribution in [2.24, 2.45) is 4.99 Å². The van der Waals surface area contributed by atoms with Crippen molar-refractivity contribution >= 4 is 17.5 Å². The molecule has 4 heteroatoms. The fourth-order valence-corrected chi connectivity index (χ4v) is 1.52. The molecule has 3 nitrogen and oxygen atoms in total. The maximum absolute atomic E-state index is 5.99. The zero-order valence-electron chi connectivity index (χ0n) is 9.04. The van der Waals surface area contributed by atoms with Gasteiger partial charge in [0, 0.05) is 6.20 Å². The molecule has 0 amide bonds. The first kappa shape index (κ1) is 10.4. The molecule has 1 aliphatic heterocycles. The van der Waals surface area contributed by atoms with Crippen LogP contribution in [0.25, 0.3) is 0 Å². The predicted octanol–water partition coefficient (Wildman–Crippen LogP) is 2.60. The highest BCUT2D eigenvalue weighted by Crippen LogP contribution is 2.22. The average Bonchev–Trinajstić information content (AvgIpc) is 2.51. The van der Waals surface area contributed by atoms with Crippen molar-refractivity contribution < 1.29 is 4.74 Å². The fraction of sp³-hybridized carbons (Fsp3) is 0.455. The van der Waals surface area contributed by atoms with Crippen molar-refractivity contribution in [1.82, 2.24) is 4.98 Å². The summed E-state index contributed by atoms with van der Waals surface area (Å²) in [4.78, 5) is 8.64. The molecule has 2 rings (SSSR count). The third-order valence-corrected chi connectivity index (χ3v) is 2.62. The molecule has 0 spiro atoms. The standard InChI is InChI=1S/C11H13ClN2O/c1-7-9(12)4-8(5-13-7)10-14-11(2,3)6-15-10/h4-5H,6H2,1-3H3. The normalized spacial score (nSPS) is 18.5. The van der Waals surface area contributed by atoms with Gasteiger partial charge in [-0.1, -0.05) is 11.6 Å². The first-order valence-corrected chi connectivity index (χ1v) is 5.21. The van der Waals surface area contributed by atoms with Crippen LogP contribution in [0.2, 0.25) is 5.02 Å². The Morgan fingerprint density at radius 1 is 1.47 bits per heavy atom. The van der Waals surface area contributed by atoms with Gasteiger partial charge in [0.15, 0.2) is 0 Å². The fourth-order valence-electron chi connectivity index (χ4n) is 1.36. The smallest absolute Gasteiger partial charge is 0.218 e. The SMILES string of the molecule is Cc1ncc(C2=NC(C)(C)CO2)cc1Cl. The maximum atomic E-state index is 5.99. The van der Waals surface area contributed by atoms with Crippen molar-refractivity contribution in [3.05, 3.63) is 28.5 Å². The van der Waals surface area contributed by atoms with Crippen LogP contribution >= 0.6 is 11.6 Å². The van der Waals surface area contributed by atoms with Crippen LogP contribution in [-0.4, -0.2) is 23.0 Å². The summed E-state index contributed by atoms with van der Waals surface area (Å²) < 4.78 is 5.50. The summed E-state index contributed by atoms with van der Waals surface area (Å²) in [5.41, 5.74) is 1.52. The lowest BCUT2D eigenvalue weighted by Gasteiger charge is -2.07. The van der Waals surface area contributed by atoms with E-state index in [1.54, 1.807) is 6.20 Å². The largest absolute Gasteiger partial charge is 0.475 e. The summed E-state index contributed by atoms with van der Waals surface area (Å²) in [5, 5.41) is 0.642. The van der Waals surface area contributed by atoms with Gasteiger partial charge in [0.1, 0.15) is 6.61 Å². The van der Waals surface area contributed by atoms with Gasteiger partial charge in [-0.15, -0.1) is 0 Å². The van der Waals surface area contributed by atoms with Crippen LogP contribution in [0, 0.1) is 6.92 Å². The zero-order chi connectivity index (χ0) is 11.1. The van der Waals surface area contributed by atoms with Crippen molar-refractivity contribution in [2.75, 3.05) is 6.61 Å². The van der Waals surface area contributed by atoms with Crippen LogP contribution < -0.4 is 0 Å². The summed E-state index contributed by atoms with van der Waals surface area (Å²) >= 11 is 5.99. The van der Waals surface area contributed by atoms with Crippen LogP contribution in [0.15, 0.2) is 17.3 Å². The Balaban J connectivity index is 2.36. The van der Waals surface area contributed by atoms with E-state index in [4.69, 9.17) is 16.3 Å². The molecule has 15 heavy (non-hydrogen) atoms. The molecule has 0 radical (unpaired) electrons. The molecule has 0 fully saturated rings. The quantitative estimate of drug-likeness (QED) is 0.735. The Kier molecular flexibility index (Phi) is 2.43. The number of ether oxygens (including phenoxy) is 1. The number of halogens is 1. The average molecular weight is 225 g/mol. The third kappa shape index (κ3) is 2.12. The van der Waals surface area contributed by atoms with E-state index in [1.807, 2.05) is 26.8 Å². The number of aliphatic imine (C=N–C) groups is 1. The molecular formula is C11H13ClN2O. The molecule has 1 aromatic rings. The zero-order valence-corrected chi connectivity index (χ0v) is 9.80. The van der Waals surface area contributed by atoms with Gasteiger partial charge in [-0.05, 0) is 26.8 Å². The van der Waals surface area contributed by atoms with Gasteiger partial charge >= 0.3 is 0 Å². The second-order valence-corrected chi connectivity index (χ2v) is 4.72. The van der Waals surface area contributed by atoms with E-state index in [0.29, 0.717) is 17.5 Å². The summed E-state index contributed by atoms with van der Waals surface area (Å²) in [6, 6.07) is 1.84. The monoisotopic (exact) mass is 224 g/mol. The second-order valence-electron chi connectivity index (χ2n) is 4.31. The molecule has 0 atom stereocenters. The minimum Gasteiger partial charge on any atom is -0.475 e. The maximum Gasteiger partial charge on any atom is 0.218 e. The van der Waals surface area contributed by atoms with Gasteiger partial charge in [-0.2, -0.15) is 0 Å². The molecule has 1 aliphatic rings. The highest BCUT2D eigenvalue weighted by Gasteiger charge is 2.27. The van der Waals surface area contributed by atoms with Gasteiger partial charge in [0.2, 0.25) is 5.90 Å². The van der Waals surface area contributed by atoms with Crippen molar-refractivity contribution in [1.29, 1.82) is 0 Å². The number of pyridine rings is 1. The van der Waals surface area contributed by atoms with Gasteiger partial charge in [0.25, 0.3) is 0 Å². The first-order valence-electron chi connectivity index (χ1n) is 4.83. The Morgan fingerprint density at radius 3 is 2.73 bits per heavy atom. The highest BCUT2D eigenvalue weighted by atomic mass is 35.5. The van der Waals surface area contributed by atoms with Crippen LogP contribution in [-0.2, 0) is 4.74 Å². The second kappa shape index (κ2) is 3.49. The lowest BCUT2D eigenvalue weighted by Crippen LogP contribution is -2.17. The molecule has 2 heterocycles. The topological polar surface area (TPSA) is 34.5 Å². The summed E-state index contributed by atoms with van der Waals surface area (Å²) in [7, 11) is 0. The summed E-state index contributed by atoms with van der Waals surface area (Å²) in [5.74, 6) is 0.634. The first-order chi connectivity index (χ1) is 6.98. The highest BCUT2D eigenvalue weighted by molar-refractivity contribution is 6.31. The number of nitrogens with zero attached hydrogens (tertiary/aromatic N) is 2. The number of aromatic nitrogens is 1. The van der Waals surface area contributed by atoms with Gasteiger partial charge < -0.3 is 4.74 Å². The molecule has 0 saturated carbocycles. The van der Waals surface area contributed by atoms with Crippen molar-refractivity contribution in [3.63, 3.8) is 0 Å². The van der Waals surface area contributed by atoms with E-state index in [2.05, 4.69) is 9.98 Å². The van der Waals surface area contributed by atoms with Crippen LogP contribution in [0.3, 0.4) is 0 Å².